The lowest BCUT2D eigenvalue weighted by Gasteiger charge is -2.26. The van der Waals surface area contributed by atoms with Crippen LogP contribution >= 0.6 is 11.8 Å². The number of rotatable bonds is 0. The molecule has 1 aliphatic carbocycles. The molecule has 0 nitrogen and oxygen atoms in total. The molecule has 0 fully saturated rings. The van der Waals surface area contributed by atoms with E-state index in [1.807, 2.05) is 11.8 Å². The molecule has 8 rings (SSSR count). The highest BCUT2D eigenvalue weighted by Gasteiger charge is 2.37. The molecule has 0 radical (unpaired) electrons. The van der Waals surface area contributed by atoms with E-state index in [2.05, 4.69) is 98.8 Å². The Kier molecular flexibility index (Phi) is 3.00. The van der Waals surface area contributed by atoms with Crippen molar-refractivity contribution in [3.05, 3.63) is 96.1 Å². The van der Waals surface area contributed by atoms with Gasteiger partial charge in [-0.1, -0.05) is 86.3 Å². The van der Waals surface area contributed by atoms with E-state index in [9.17, 15) is 0 Å². The first-order chi connectivity index (χ1) is 15.6. The molecule has 6 aromatic carbocycles. The molecule has 6 aromatic rings. The zero-order chi connectivity index (χ0) is 21.2. The molecule has 0 bridgehead atoms. The molecule has 1 heteroatoms. The molecule has 0 N–H and O–H groups in total. The van der Waals surface area contributed by atoms with Crippen molar-refractivity contribution in [3.8, 4) is 22.3 Å². The second kappa shape index (κ2) is 5.54. The lowest BCUT2D eigenvalue weighted by Crippen LogP contribution is -2.15. The maximum atomic E-state index is 2.47. The Morgan fingerprint density at radius 3 is 2.22 bits per heavy atom. The molecule has 0 aromatic heterocycles. The highest BCUT2D eigenvalue weighted by atomic mass is 32.2. The summed E-state index contributed by atoms with van der Waals surface area (Å²) in [5.41, 5.74) is 8.46. The van der Waals surface area contributed by atoms with Crippen LogP contribution in [0, 0.1) is 0 Å². The Labute approximate surface area is 191 Å². The van der Waals surface area contributed by atoms with Gasteiger partial charge in [0.25, 0.3) is 0 Å². The standard InChI is InChI=1S/C31H20S/c1-31(2)24-9-5-3-7-19(24)23-16-18-15-22-20-8-4-6-10-25(20)32-26-14-12-17-11-13-21(30(23)31)27(18)28(17)29(22)26/h3-16H,1-2H3. The summed E-state index contributed by atoms with van der Waals surface area (Å²) in [7, 11) is 0. The molecule has 1 heterocycles. The van der Waals surface area contributed by atoms with Crippen molar-refractivity contribution in [2.45, 2.75) is 29.1 Å². The summed E-state index contributed by atoms with van der Waals surface area (Å²) in [6, 6.07) is 32.1. The predicted molar refractivity (Wildman–Crippen MR) is 137 cm³/mol. The van der Waals surface area contributed by atoms with Crippen LogP contribution in [0.25, 0.3) is 54.6 Å². The van der Waals surface area contributed by atoms with Crippen LogP contribution in [0.4, 0.5) is 0 Å². The quantitative estimate of drug-likeness (QED) is 0.219. The van der Waals surface area contributed by atoms with Gasteiger partial charge in [0.1, 0.15) is 0 Å². The van der Waals surface area contributed by atoms with Gasteiger partial charge in [0, 0.05) is 20.6 Å². The van der Waals surface area contributed by atoms with Crippen molar-refractivity contribution in [1.29, 1.82) is 0 Å². The lowest BCUT2D eigenvalue weighted by atomic mass is 9.78. The van der Waals surface area contributed by atoms with Crippen molar-refractivity contribution in [1.82, 2.24) is 0 Å². The minimum atomic E-state index is -0.00167. The van der Waals surface area contributed by atoms with Gasteiger partial charge < -0.3 is 0 Å². The molecular weight excluding hydrogens is 404 g/mol. The van der Waals surface area contributed by atoms with Gasteiger partial charge >= 0.3 is 0 Å². The fraction of sp³-hybridized carbons (Fsp3) is 0.0968. The van der Waals surface area contributed by atoms with E-state index >= 15 is 0 Å². The van der Waals surface area contributed by atoms with Crippen molar-refractivity contribution in [2.24, 2.45) is 0 Å². The van der Waals surface area contributed by atoms with E-state index in [0.29, 0.717) is 0 Å². The normalized spacial score (nSPS) is 15.3. The average molecular weight is 425 g/mol. The summed E-state index contributed by atoms with van der Waals surface area (Å²) >= 11 is 1.91. The average Bonchev–Trinajstić information content (AvgIpc) is 3.05. The summed E-state index contributed by atoms with van der Waals surface area (Å²) in [5, 5.41) is 8.41. The van der Waals surface area contributed by atoms with Crippen LogP contribution in [0.2, 0.25) is 0 Å². The van der Waals surface area contributed by atoms with Crippen LogP contribution in [0.15, 0.2) is 94.7 Å². The van der Waals surface area contributed by atoms with E-state index in [-0.39, 0.29) is 5.41 Å². The Balaban J connectivity index is 1.63. The minimum absolute atomic E-state index is 0.00167. The Bertz CT molecular complexity index is 1770. The van der Waals surface area contributed by atoms with E-state index in [1.165, 1.54) is 75.5 Å². The van der Waals surface area contributed by atoms with Gasteiger partial charge in [-0.15, -0.1) is 0 Å². The van der Waals surface area contributed by atoms with Crippen LogP contribution in [0.1, 0.15) is 25.0 Å². The van der Waals surface area contributed by atoms with E-state index in [1.54, 1.807) is 0 Å². The number of fused-ring (bicyclic) bond motifs is 6. The first-order valence-corrected chi connectivity index (χ1v) is 12.1. The third kappa shape index (κ3) is 1.89. The molecule has 1 aliphatic heterocycles. The maximum Gasteiger partial charge on any atom is 0.0207 e. The van der Waals surface area contributed by atoms with Crippen LogP contribution < -0.4 is 0 Å². The van der Waals surface area contributed by atoms with Crippen molar-refractivity contribution in [3.63, 3.8) is 0 Å². The Morgan fingerprint density at radius 1 is 0.562 bits per heavy atom. The fourth-order valence-corrected chi connectivity index (χ4v) is 7.56. The van der Waals surface area contributed by atoms with E-state index < -0.39 is 0 Å². The van der Waals surface area contributed by atoms with Crippen LogP contribution in [-0.2, 0) is 5.41 Å². The number of hydrogen-bond donors (Lipinski definition) is 0. The highest BCUT2D eigenvalue weighted by Crippen LogP contribution is 2.56. The number of hydrogen-bond acceptors (Lipinski definition) is 1. The van der Waals surface area contributed by atoms with Crippen molar-refractivity contribution < 1.29 is 0 Å². The molecule has 0 unspecified atom stereocenters. The maximum absolute atomic E-state index is 2.47. The predicted octanol–water partition coefficient (Wildman–Crippen LogP) is 9.02. The molecule has 0 amide bonds. The fourth-order valence-electron chi connectivity index (χ4n) is 6.44. The second-order valence-corrected chi connectivity index (χ2v) is 10.8. The van der Waals surface area contributed by atoms with Crippen molar-refractivity contribution in [2.75, 3.05) is 0 Å². The third-order valence-corrected chi connectivity index (χ3v) is 8.89. The Hall–Kier alpha value is -3.29. The summed E-state index contributed by atoms with van der Waals surface area (Å²) in [5.74, 6) is 0. The lowest BCUT2D eigenvalue weighted by molar-refractivity contribution is 0.666. The monoisotopic (exact) mass is 424 g/mol. The summed E-state index contributed by atoms with van der Waals surface area (Å²) < 4.78 is 0. The first kappa shape index (κ1) is 17.3. The molecule has 2 aliphatic rings. The highest BCUT2D eigenvalue weighted by molar-refractivity contribution is 7.99. The molecule has 32 heavy (non-hydrogen) atoms. The van der Waals surface area contributed by atoms with Crippen molar-refractivity contribution >= 4 is 44.1 Å². The first-order valence-electron chi connectivity index (χ1n) is 11.3. The van der Waals surface area contributed by atoms with E-state index in [0.717, 1.165) is 0 Å². The summed E-state index contributed by atoms with van der Waals surface area (Å²) in [6.07, 6.45) is 0. The van der Waals surface area contributed by atoms with Crippen LogP contribution in [-0.4, -0.2) is 0 Å². The largest absolute Gasteiger partial charge is 0.0888 e. The van der Waals surface area contributed by atoms with Gasteiger partial charge in [-0.2, -0.15) is 0 Å². The molecular formula is C31H20S. The molecule has 0 saturated heterocycles. The molecule has 0 spiro atoms. The molecule has 0 atom stereocenters. The van der Waals surface area contributed by atoms with Gasteiger partial charge in [-0.25, -0.2) is 0 Å². The SMILES string of the molecule is CC1(C)c2ccccc2-c2cc3cc4c5c(ccc6ccc(c21)c3c65)Sc1ccccc1-4. The topological polar surface area (TPSA) is 0 Å². The van der Waals surface area contributed by atoms with Gasteiger partial charge in [0.05, 0.1) is 0 Å². The molecule has 150 valence electrons. The minimum Gasteiger partial charge on any atom is -0.0888 e. The summed E-state index contributed by atoms with van der Waals surface area (Å²) in [6.45, 7) is 4.78. The zero-order valence-electron chi connectivity index (χ0n) is 18.0. The van der Waals surface area contributed by atoms with Gasteiger partial charge in [-0.3, -0.25) is 0 Å². The van der Waals surface area contributed by atoms with Crippen LogP contribution in [0.5, 0.6) is 0 Å². The van der Waals surface area contributed by atoms with Gasteiger partial charge in [-0.05, 0) is 84.6 Å². The molecule has 0 saturated carbocycles. The zero-order valence-corrected chi connectivity index (χ0v) is 18.8. The third-order valence-electron chi connectivity index (χ3n) is 7.76. The Morgan fingerprint density at radius 2 is 1.31 bits per heavy atom. The van der Waals surface area contributed by atoms with Gasteiger partial charge in [0.2, 0.25) is 0 Å². The van der Waals surface area contributed by atoms with E-state index in [4.69, 9.17) is 0 Å². The number of benzene rings is 6. The van der Waals surface area contributed by atoms with Gasteiger partial charge in [0.15, 0.2) is 0 Å². The van der Waals surface area contributed by atoms with Crippen LogP contribution in [0.3, 0.4) is 0 Å². The summed E-state index contributed by atoms with van der Waals surface area (Å²) in [4.78, 5) is 2.73. The second-order valence-electron chi connectivity index (χ2n) is 9.74. The smallest absolute Gasteiger partial charge is 0.0207 e.